The molecule has 0 atom stereocenters. The van der Waals surface area contributed by atoms with E-state index in [9.17, 15) is 22.8 Å². The second-order valence-corrected chi connectivity index (χ2v) is 7.21. The highest BCUT2D eigenvalue weighted by Crippen LogP contribution is 2.36. The van der Waals surface area contributed by atoms with Gasteiger partial charge in [0.05, 0.1) is 0 Å². The number of thioether (sulfide) groups is 1. The third-order valence-corrected chi connectivity index (χ3v) is 4.86. The Morgan fingerprint density at radius 1 is 1.07 bits per heavy atom. The summed E-state index contributed by atoms with van der Waals surface area (Å²) in [6.07, 6.45) is 1.43. The number of nitrogens with one attached hydrogen (secondary N) is 1. The first-order chi connectivity index (χ1) is 12.8. The number of carbonyl (C=O) groups is 2. The molecule has 2 aromatic rings. The van der Waals surface area contributed by atoms with Gasteiger partial charge in [0.1, 0.15) is 0 Å². The highest BCUT2D eigenvalue weighted by atomic mass is 32.2. The molecule has 0 unspecified atom stereocenters. The third kappa shape index (κ3) is 5.26. The van der Waals surface area contributed by atoms with E-state index in [1.807, 2.05) is 24.3 Å². The average Bonchev–Trinajstić information content (AvgIpc) is 3.05. The van der Waals surface area contributed by atoms with Crippen molar-refractivity contribution in [2.75, 3.05) is 11.4 Å². The number of anilines is 1. The van der Waals surface area contributed by atoms with Crippen molar-refractivity contribution in [3.8, 4) is 0 Å². The smallest absolute Gasteiger partial charge is 0.348 e. The fourth-order valence-corrected chi connectivity index (χ4v) is 3.35. The largest absolute Gasteiger partial charge is 0.446 e. The van der Waals surface area contributed by atoms with Crippen LogP contribution in [0.25, 0.3) is 0 Å². The predicted molar refractivity (Wildman–Crippen MR) is 97.6 cm³/mol. The van der Waals surface area contributed by atoms with Crippen molar-refractivity contribution in [1.29, 1.82) is 0 Å². The van der Waals surface area contributed by atoms with Gasteiger partial charge < -0.3 is 10.2 Å². The van der Waals surface area contributed by atoms with Crippen molar-refractivity contribution in [2.45, 2.75) is 29.8 Å². The molecule has 1 aliphatic heterocycles. The molecule has 2 aromatic carbocycles. The fraction of sp³-hybridized carbons (Fsp3) is 0.263. The van der Waals surface area contributed by atoms with Crippen LogP contribution in [0.15, 0.2) is 53.4 Å². The molecule has 3 rings (SSSR count). The minimum atomic E-state index is -4.35. The van der Waals surface area contributed by atoms with E-state index < -0.39 is 5.51 Å². The van der Waals surface area contributed by atoms with Gasteiger partial charge in [-0.1, -0.05) is 12.1 Å². The van der Waals surface area contributed by atoms with E-state index in [4.69, 9.17) is 0 Å². The van der Waals surface area contributed by atoms with Crippen molar-refractivity contribution in [1.82, 2.24) is 5.32 Å². The molecule has 8 heteroatoms. The second kappa shape index (κ2) is 8.04. The molecule has 27 heavy (non-hydrogen) atoms. The molecular formula is C19H17F3N2O2S. The molecule has 0 bridgehead atoms. The Morgan fingerprint density at radius 2 is 1.74 bits per heavy atom. The summed E-state index contributed by atoms with van der Waals surface area (Å²) in [6, 6.07) is 12.6. The summed E-state index contributed by atoms with van der Waals surface area (Å²) in [4.78, 5) is 25.7. The first-order valence-corrected chi connectivity index (χ1v) is 9.17. The molecule has 2 amide bonds. The van der Waals surface area contributed by atoms with Crippen LogP contribution in [0.4, 0.5) is 18.9 Å². The van der Waals surface area contributed by atoms with E-state index in [0.717, 1.165) is 24.2 Å². The Labute approximate surface area is 158 Å². The van der Waals surface area contributed by atoms with E-state index >= 15 is 0 Å². The Hall–Kier alpha value is -2.48. The van der Waals surface area contributed by atoms with Crippen LogP contribution < -0.4 is 10.2 Å². The first kappa shape index (κ1) is 19.3. The first-order valence-electron chi connectivity index (χ1n) is 8.35. The molecule has 0 spiro atoms. The van der Waals surface area contributed by atoms with E-state index in [2.05, 4.69) is 5.32 Å². The molecule has 4 nitrogen and oxygen atoms in total. The number of benzene rings is 2. The van der Waals surface area contributed by atoms with Gasteiger partial charge in [0, 0.05) is 35.7 Å². The van der Waals surface area contributed by atoms with Gasteiger partial charge in [-0.15, -0.1) is 0 Å². The second-order valence-electron chi connectivity index (χ2n) is 6.07. The van der Waals surface area contributed by atoms with Crippen LogP contribution >= 0.6 is 11.8 Å². The molecule has 142 valence electrons. The third-order valence-electron chi connectivity index (χ3n) is 4.12. The molecular weight excluding hydrogens is 377 g/mol. The zero-order chi connectivity index (χ0) is 19.4. The normalized spacial score (nSPS) is 14.5. The quantitative estimate of drug-likeness (QED) is 0.767. The monoisotopic (exact) mass is 394 g/mol. The van der Waals surface area contributed by atoms with Crippen LogP contribution in [0.2, 0.25) is 0 Å². The molecule has 1 heterocycles. The number of hydrogen-bond donors (Lipinski definition) is 1. The van der Waals surface area contributed by atoms with E-state index in [-0.39, 0.29) is 35.0 Å². The average molecular weight is 394 g/mol. The van der Waals surface area contributed by atoms with Crippen LogP contribution in [-0.2, 0) is 11.3 Å². The van der Waals surface area contributed by atoms with Gasteiger partial charge in [0.25, 0.3) is 5.91 Å². The Morgan fingerprint density at radius 3 is 2.30 bits per heavy atom. The molecule has 1 aliphatic rings. The fourth-order valence-electron chi connectivity index (χ4n) is 2.81. The van der Waals surface area contributed by atoms with Gasteiger partial charge in [0.2, 0.25) is 5.91 Å². The van der Waals surface area contributed by atoms with Gasteiger partial charge in [-0.2, -0.15) is 13.2 Å². The predicted octanol–water partition coefficient (Wildman–Crippen LogP) is 4.36. The van der Waals surface area contributed by atoms with Gasteiger partial charge >= 0.3 is 5.51 Å². The number of amides is 2. The Balaban J connectivity index is 1.55. The van der Waals surface area contributed by atoms with Crippen LogP contribution in [0.1, 0.15) is 28.8 Å². The number of halogens is 3. The summed E-state index contributed by atoms with van der Waals surface area (Å²) in [5, 5.41) is 2.73. The maximum Gasteiger partial charge on any atom is 0.446 e. The van der Waals surface area contributed by atoms with E-state index in [0.29, 0.717) is 12.0 Å². The van der Waals surface area contributed by atoms with Crippen LogP contribution in [-0.4, -0.2) is 23.9 Å². The summed E-state index contributed by atoms with van der Waals surface area (Å²) in [7, 11) is 0. The lowest BCUT2D eigenvalue weighted by molar-refractivity contribution is -0.117. The lowest BCUT2D eigenvalue weighted by Crippen LogP contribution is -2.24. The molecule has 1 N–H and O–H groups in total. The number of nitrogens with zero attached hydrogens (tertiary/aromatic N) is 1. The van der Waals surface area contributed by atoms with Crippen LogP contribution in [0, 0.1) is 0 Å². The molecule has 1 saturated heterocycles. The number of hydrogen-bond acceptors (Lipinski definition) is 3. The molecule has 0 radical (unpaired) electrons. The summed E-state index contributed by atoms with van der Waals surface area (Å²) in [5.41, 5.74) is -2.36. The lowest BCUT2D eigenvalue weighted by atomic mass is 10.1. The molecule has 1 fully saturated rings. The molecule has 0 saturated carbocycles. The minimum Gasteiger partial charge on any atom is -0.348 e. The SMILES string of the molecule is O=C(NCc1ccc(N2CCCC2=O)cc1)c1ccc(SC(F)(F)F)cc1. The molecule has 0 aliphatic carbocycles. The topological polar surface area (TPSA) is 49.4 Å². The van der Waals surface area contributed by atoms with Crippen molar-refractivity contribution in [2.24, 2.45) is 0 Å². The van der Waals surface area contributed by atoms with Crippen molar-refractivity contribution in [3.05, 3.63) is 59.7 Å². The summed E-state index contributed by atoms with van der Waals surface area (Å²) in [5.74, 6) is -0.249. The van der Waals surface area contributed by atoms with Gasteiger partial charge in [-0.3, -0.25) is 9.59 Å². The summed E-state index contributed by atoms with van der Waals surface area (Å²) in [6.45, 7) is 1.00. The number of alkyl halides is 3. The zero-order valence-corrected chi connectivity index (χ0v) is 15.1. The molecule has 0 aromatic heterocycles. The highest BCUT2D eigenvalue weighted by Gasteiger charge is 2.29. The highest BCUT2D eigenvalue weighted by molar-refractivity contribution is 8.00. The van der Waals surface area contributed by atoms with Crippen molar-refractivity contribution in [3.63, 3.8) is 0 Å². The zero-order valence-electron chi connectivity index (χ0n) is 14.3. The van der Waals surface area contributed by atoms with E-state index in [1.54, 1.807) is 4.90 Å². The van der Waals surface area contributed by atoms with E-state index in [1.165, 1.54) is 24.3 Å². The van der Waals surface area contributed by atoms with Crippen molar-refractivity contribution >= 4 is 29.3 Å². The Kier molecular flexibility index (Phi) is 5.74. The summed E-state index contributed by atoms with van der Waals surface area (Å²) < 4.78 is 37.0. The van der Waals surface area contributed by atoms with Crippen molar-refractivity contribution < 1.29 is 22.8 Å². The standard InChI is InChI=1S/C19H17F3N2O2S/c20-19(21,22)27-16-9-5-14(6-10-16)18(26)23-12-13-3-7-15(8-4-13)24-11-1-2-17(24)25/h3-10H,1-2,11-12H2,(H,23,26). The minimum absolute atomic E-state index is 0.0334. The maximum atomic E-state index is 12.3. The number of carbonyl (C=O) groups excluding carboxylic acids is 2. The van der Waals surface area contributed by atoms with Gasteiger partial charge in [0.15, 0.2) is 0 Å². The Bertz CT molecular complexity index is 820. The number of rotatable bonds is 5. The van der Waals surface area contributed by atoms with Crippen LogP contribution in [0.3, 0.4) is 0 Å². The van der Waals surface area contributed by atoms with Gasteiger partial charge in [-0.05, 0) is 60.1 Å². The maximum absolute atomic E-state index is 12.3. The lowest BCUT2D eigenvalue weighted by Gasteiger charge is -2.16. The van der Waals surface area contributed by atoms with Crippen LogP contribution in [0.5, 0.6) is 0 Å². The van der Waals surface area contributed by atoms with Gasteiger partial charge in [-0.25, -0.2) is 0 Å². The summed E-state index contributed by atoms with van der Waals surface area (Å²) >= 11 is -0.216.